The minimum atomic E-state index is -4.53. The number of alkyl halides is 3. The molecule has 0 unspecified atom stereocenters. The summed E-state index contributed by atoms with van der Waals surface area (Å²) in [6, 6.07) is 1.89. The fourth-order valence-corrected chi connectivity index (χ4v) is 1.72. The van der Waals surface area contributed by atoms with Crippen molar-refractivity contribution < 1.29 is 21.6 Å². The maximum atomic E-state index is 12.3. The van der Waals surface area contributed by atoms with Crippen LogP contribution in [0.2, 0.25) is 0 Å². The lowest BCUT2D eigenvalue weighted by Gasteiger charge is -2.06. The van der Waals surface area contributed by atoms with Gasteiger partial charge >= 0.3 is 6.18 Å². The third-order valence-electron chi connectivity index (χ3n) is 2.19. The Morgan fingerprint density at radius 3 is 2.32 bits per heavy atom. The summed E-state index contributed by atoms with van der Waals surface area (Å²) >= 11 is 0. The van der Waals surface area contributed by atoms with Crippen LogP contribution in [-0.4, -0.2) is 23.2 Å². The summed E-state index contributed by atoms with van der Waals surface area (Å²) in [5.41, 5.74) is -0.863. The number of sulfonamides is 1. The van der Waals surface area contributed by atoms with Crippen molar-refractivity contribution in [1.82, 2.24) is 14.8 Å². The topological polar surface area (TPSA) is 90.9 Å². The minimum absolute atomic E-state index is 0.183. The van der Waals surface area contributed by atoms with Crippen molar-refractivity contribution in [1.29, 1.82) is 0 Å². The van der Waals surface area contributed by atoms with Gasteiger partial charge in [-0.25, -0.2) is 23.2 Å². The highest BCUT2D eigenvalue weighted by molar-refractivity contribution is 7.89. The van der Waals surface area contributed by atoms with Crippen LogP contribution in [0.5, 0.6) is 0 Å². The van der Waals surface area contributed by atoms with Gasteiger partial charge in [0, 0.05) is 0 Å². The third kappa shape index (κ3) is 2.90. The molecule has 2 aromatic rings. The van der Waals surface area contributed by atoms with Crippen molar-refractivity contribution in [3.8, 4) is 5.69 Å². The highest BCUT2D eigenvalue weighted by Gasteiger charge is 2.32. The van der Waals surface area contributed by atoms with Crippen molar-refractivity contribution in [2.24, 2.45) is 5.14 Å². The molecule has 0 aliphatic carbocycles. The number of nitrogens with zero attached hydrogens (tertiary/aromatic N) is 3. The Balaban J connectivity index is 2.36. The Kier molecular flexibility index (Phi) is 3.06. The Morgan fingerprint density at radius 1 is 1.21 bits per heavy atom. The second-order valence-corrected chi connectivity index (χ2v) is 5.13. The monoisotopic (exact) mass is 292 g/mol. The Morgan fingerprint density at radius 2 is 1.89 bits per heavy atom. The fourth-order valence-electron chi connectivity index (χ4n) is 1.28. The first-order valence-electron chi connectivity index (χ1n) is 4.79. The second kappa shape index (κ2) is 4.31. The summed E-state index contributed by atoms with van der Waals surface area (Å²) < 4.78 is 60.0. The predicted octanol–water partition coefficient (Wildman–Crippen LogP) is 0.934. The largest absolute Gasteiger partial charge is 0.433 e. The first kappa shape index (κ1) is 13.5. The molecule has 0 fully saturated rings. The number of pyridine rings is 1. The Hall–Kier alpha value is -1.94. The van der Waals surface area contributed by atoms with E-state index in [0.717, 1.165) is 35.4 Å². The van der Waals surface area contributed by atoms with Crippen LogP contribution in [0.1, 0.15) is 5.69 Å². The molecule has 0 saturated carbocycles. The molecule has 2 aromatic heterocycles. The molecule has 0 aliphatic rings. The molecule has 2 heterocycles. The first-order valence-corrected chi connectivity index (χ1v) is 6.33. The number of hydrogen-bond donors (Lipinski definition) is 1. The van der Waals surface area contributed by atoms with Gasteiger partial charge in [0.2, 0.25) is 10.0 Å². The van der Waals surface area contributed by atoms with Gasteiger partial charge in [0.25, 0.3) is 0 Å². The lowest BCUT2D eigenvalue weighted by molar-refractivity contribution is -0.141. The van der Waals surface area contributed by atoms with Crippen LogP contribution in [0, 0.1) is 0 Å². The van der Waals surface area contributed by atoms with E-state index in [1.807, 2.05) is 0 Å². The third-order valence-corrected chi connectivity index (χ3v) is 3.06. The molecule has 10 heteroatoms. The molecule has 0 amide bonds. The molecule has 102 valence electrons. The first-order chi connectivity index (χ1) is 8.68. The van der Waals surface area contributed by atoms with E-state index in [1.54, 1.807) is 0 Å². The maximum absolute atomic E-state index is 12.3. The molecular formula is C9H7F3N4O2S. The Labute approximate surface area is 105 Å². The van der Waals surface area contributed by atoms with E-state index in [9.17, 15) is 21.6 Å². The molecule has 0 spiro atoms. The summed E-state index contributed by atoms with van der Waals surface area (Å²) in [5.74, 6) is 0. The van der Waals surface area contributed by atoms with Crippen molar-refractivity contribution >= 4 is 10.0 Å². The molecule has 0 atom stereocenters. The van der Waals surface area contributed by atoms with Gasteiger partial charge < -0.3 is 0 Å². The van der Waals surface area contributed by atoms with Gasteiger partial charge in [-0.1, -0.05) is 0 Å². The zero-order valence-corrected chi connectivity index (χ0v) is 9.98. The van der Waals surface area contributed by atoms with Crippen LogP contribution in [0.4, 0.5) is 13.2 Å². The number of aromatic nitrogens is 3. The smallest absolute Gasteiger partial charge is 0.250 e. The van der Waals surface area contributed by atoms with Crippen molar-refractivity contribution in [3.63, 3.8) is 0 Å². The van der Waals surface area contributed by atoms with E-state index in [1.165, 1.54) is 0 Å². The lowest BCUT2D eigenvalue weighted by atomic mass is 10.3. The minimum Gasteiger partial charge on any atom is -0.250 e. The van der Waals surface area contributed by atoms with Crippen LogP contribution in [0.15, 0.2) is 35.6 Å². The quantitative estimate of drug-likeness (QED) is 0.891. The van der Waals surface area contributed by atoms with E-state index in [-0.39, 0.29) is 10.6 Å². The van der Waals surface area contributed by atoms with Gasteiger partial charge in [-0.3, -0.25) is 0 Å². The van der Waals surface area contributed by atoms with Crippen LogP contribution >= 0.6 is 0 Å². The highest BCUT2D eigenvalue weighted by atomic mass is 32.2. The lowest BCUT2D eigenvalue weighted by Crippen LogP contribution is -2.11. The number of hydrogen-bond acceptors (Lipinski definition) is 4. The number of rotatable bonds is 2. The average Bonchev–Trinajstić information content (AvgIpc) is 2.77. The number of primary sulfonamides is 1. The zero-order valence-electron chi connectivity index (χ0n) is 9.16. The molecular weight excluding hydrogens is 285 g/mol. The van der Waals surface area contributed by atoms with Gasteiger partial charge in [-0.05, 0) is 12.1 Å². The van der Waals surface area contributed by atoms with Gasteiger partial charge in [0.1, 0.15) is 10.6 Å². The normalized spacial score (nSPS) is 12.6. The van der Waals surface area contributed by atoms with Crippen molar-refractivity contribution in [3.05, 3.63) is 36.4 Å². The standard InChI is InChI=1S/C9H7F3N4O2S/c10-9(11,12)8-2-1-6(3-14-8)16-5-7(4-15-16)19(13,17)18/h1-5H,(H2,13,17,18). The molecule has 0 aliphatic heterocycles. The molecule has 6 nitrogen and oxygen atoms in total. The SMILES string of the molecule is NS(=O)(=O)c1cnn(-c2ccc(C(F)(F)F)nc2)c1. The molecule has 0 radical (unpaired) electrons. The van der Waals surface area contributed by atoms with Gasteiger partial charge in [-0.15, -0.1) is 0 Å². The second-order valence-electron chi connectivity index (χ2n) is 3.57. The highest BCUT2D eigenvalue weighted by Crippen LogP contribution is 2.27. The summed E-state index contributed by atoms with van der Waals surface area (Å²) in [7, 11) is -3.91. The summed E-state index contributed by atoms with van der Waals surface area (Å²) in [4.78, 5) is 2.99. The average molecular weight is 292 g/mol. The Bertz CT molecular complexity index is 691. The van der Waals surface area contributed by atoms with Crippen LogP contribution in [-0.2, 0) is 16.2 Å². The summed E-state index contributed by atoms with van der Waals surface area (Å²) in [5, 5.41) is 8.56. The van der Waals surface area contributed by atoms with Crippen LogP contribution < -0.4 is 5.14 Å². The molecule has 0 aromatic carbocycles. The van der Waals surface area contributed by atoms with E-state index < -0.39 is 21.9 Å². The van der Waals surface area contributed by atoms with Crippen molar-refractivity contribution in [2.45, 2.75) is 11.1 Å². The van der Waals surface area contributed by atoms with Crippen LogP contribution in [0.25, 0.3) is 5.69 Å². The van der Waals surface area contributed by atoms with Gasteiger partial charge in [-0.2, -0.15) is 18.3 Å². The van der Waals surface area contributed by atoms with E-state index in [0.29, 0.717) is 0 Å². The van der Waals surface area contributed by atoms with E-state index >= 15 is 0 Å². The summed E-state index contributed by atoms with van der Waals surface area (Å²) in [6.07, 6.45) is -1.52. The van der Waals surface area contributed by atoms with Crippen molar-refractivity contribution in [2.75, 3.05) is 0 Å². The predicted molar refractivity (Wildman–Crippen MR) is 57.7 cm³/mol. The number of halogens is 3. The summed E-state index contributed by atoms with van der Waals surface area (Å²) in [6.45, 7) is 0. The molecule has 2 N–H and O–H groups in total. The van der Waals surface area contributed by atoms with Gasteiger partial charge in [0.05, 0.1) is 24.3 Å². The van der Waals surface area contributed by atoms with E-state index in [2.05, 4.69) is 10.1 Å². The molecule has 2 rings (SSSR count). The number of nitrogens with two attached hydrogens (primary N) is 1. The van der Waals surface area contributed by atoms with E-state index in [4.69, 9.17) is 5.14 Å². The molecule has 0 bridgehead atoms. The fraction of sp³-hybridized carbons (Fsp3) is 0.111. The van der Waals surface area contributed by atoms with Gasteiger partial charge in [0.15, 0.2) is 0 Å². The molecule has 19 heavy (non-hydrogen) atoms. The molecule has 0 saturated heterocycles. The zero-order chi connectivity index (χ0) is 14.3. The van der Waals surface area contributed by atoms with Crippen LogP contribution in [0.3, 0.4) is 0 Å². The maximum Gasteiger partial charge on any atom is 0.433 e.